The number of carbonyl (C=O) groups is 2. The van der Waals surface area contributed by atoms with Crippen LogP contribution in [0.4, 0.5) is 0 Å². The number of aromatic nitrogens is 1. The zero-order chi connectivity index (χ0) is 18.2. The van der Waals surface area contributed by atoms with Crippen molar-refractivity contribution in [3.05, 3.63) is 35.9 Å². The molecule has 0 radical (unpaired) electrons. The molecule has 0 aliphatic carbocycles. The van der Waals surface area contributed by atoms with Crippen molar-refractivity contribution >= 4 is 22.8 Å². The van der Waals surface area contributed by atoms with Gasteiger partial charge in [0.25, 0.3) is 5.91 Å². The Morgan fingerprint density at radius 1 is 1.32 bits per heavy atom. The van der Waals surface area contributed by atoms with Gasteiger partial charge in [0.2, 0.25) is 5.88 Å². The van der Waals surface area contributed by atoms with E-state index in [-0.39, 0.29) is 18.4 Å². The molecule has 2 aromatic rings. The van der Waals surface area contributed by atoms with Crippen molar-refractivity contribution < 1.29 is 19.4 Å². The highest BCUT2D eigenvalue weighted by Gasteiger charge is 2.48. The average molecular weight is 342 g/mol. The van der Waals surface area contributed by atoms with Gasteiger partial charge in [0.05, 0.1) is 23.6 Å². The van der Waals surface area contributed by atoms with Crippen LogP contribution >= 0.6 is 0 Å². The van der Waals surface area contributed by atoms with Crippen molar-refractivity contribution in [3.63, 3.8) is 0 Å². The lowest BCUT2D eigenvalue weighted by Gasteiger charge is -2.28. The minimum atomic E-state index is -0.886. The number of para-hydroxylation sites is 1. The van der Waals surface area contributed by atoms with Gasteiger partial charge in [-0.3, -0.25) is 9.59 Å². The fourth-order valence-electron chi connectivity index (χ4n) is 3.50. The van der Waals surface area contributed by atoms with Crippen LogP contribution in [0, 0.1) is 11.3 Å². The predicted molar refractivity (Wildman–Crippen MR) is 93.7 cm³/mol. The molecular weight excluding hydrogens is 320 g/mol. The monoisotopic (exact) mass is 342 g/mol. The zero-order valence-corrected chi connectivity index (χ0v) is 14.7. The summed E-state index contributed by atoms with van der Waals surface area (Å²) in [5.41, 5.74) is 0.285. The summed E-state index contributed by atoms with van der Waals surface area (Å²) in [4.78, 5) is 30.9. The molecule has 1 amide bonds. The van der Waals surface area contributed by atoms with Crippen molar-refractivity contribution in [2.24, 2.45) is 11.3 Å². The van der Waals surface area contributed by atoms with E-state index >= 15 is 0 Å². The summed E-state index contributed by atoms with van der Waals surface area (Å²) < 4.78 is 5.22. The number of carboxylic acid groups (broad SMARTS) is 1. The van der Waals surface area contributed by atoms with Crippen LogP contribution in [0.1, 0.15) is 30.6 Å². The second-order valence-corrected chi connectivity index (χ2v) is 6.82. The zero-order valence-electron chi connectivity index (χ0n) is 14.7. The van der Waals surface area contributed by atoms with Gasteiger partial charge in [-0.2, -0.15) is 0 Å². The predicted octanol–water partition coefficient (Wildman–Crippen LogP) is 2.82. The first kappa shape index (κ1) is 17.2. The summed E-state index contributed by atoms with van der Waals surface area (Å²) in [7, 11) is 1.51. The first-order valence-electron chi connectivity index (χ1n) is 8.35. The number of carbonyl (C=O) groups excluding carboxylic acids is 1. The number of ether oxygens (including phenoxy) is 1. The van der Waals surface area contributed by atoms with Crippen LogP contribution < -0.4 is 4.74 Å². The van der Waals surface area contributed by atoms with Gasteiger partial charge in [-0.25, -0.2) is 4.98 Å². The average Bonchev–Trinajstić information content (AvgIpc) is 3.07. The van der Waals surface area contributed by atoms with Crippen LogP contribution in [0.25, 0.3) is 10.9 Å². The van der Waals surface area contributed by atoms with E-state index in [0.29, 0.717) is 29.9 Å². The van der Waals surface area contributed by atoms with Gasteiger partial charge in [0.1, 0.15) is 0 Å². The molecule has 1 N–H and O–H groups in total. The minimum Gasteiger partial charge on any atom is -0.481 e. The lowest BCUT2D eigenvalue weighted by Crippen LogP contribution is -2.40. The van der Waals surface area contributed by atoms with Crippen LogP contribution in [0.2, 0.25) is 0 Å². The minimum absolute atomic E-state index is 0.0495. The third kappa shape index (κ3) is 2.81. The molecule has 0 saturated carbocycles. The third-order valence-corrected chi connectivity index (χ3v) is 5.25. The first-order chi connectivity index (χ1) is 11.9. The van der Waals surface area contributed by atoms with Gasteiger partial charge < -0.3 is 14.7 Å². The molecule has 0 bridgehead atoms. The van der Waals surface area contributed by atoms with E-state index in [1.165, 1.54) is 7.11 Å². The van der Waals surface area contributed by atoms with Crippen molar-refractivity contribution in [3.8, 4) is 5.88 Å². The van der Waals surface area contributed by atoms with Crippen molar-refractivity contribution in [2.45, 2.75) is 20.3 Å². The van der Waals surface area contributed by atoms with E-state index in [2.05, 4.69) is 4.98 Å². The molecule has 1 aliphatic rings. The summed E-state index contributed by atoms with van der Waals surface area (Å²) in [6, 6.07) is 9.01. The summed E-state index contributed by atoms with van der Waals surface area (Å²) in [5, 5.41) is 10.4. The van der Waals surface area contributed by atoms with Gasteiger partial charge in [-0.1, -0.05) is 32.0 Å². The summed E-state index contributed by atoms with van der Waals surface area (Å²) in [5.74, 6) is -0.697. The number of amides is 1. The molecular formula is C19H22N2O4. The van der Waals surface area contributed by atoms with Gasteiger partial charge >= 0.3 is 5.97 Å². The smallest absolute Gasteiger partial charge is 0.311 e. The SMILES string of the molecule is COc1cc(C(=O)N2CCC(C(=O)O)(C(C)C)C2)c2ccccc2n1. The number of carboxylic acids is 1. The summed E-state index contributed by atoms with van der Waals surface area (Å²) in [6.07, 6.45) is 0.464. The number of rotatable bonds is 4. The van der Waals surface area contributed by atoms with Crippen LogP contribution in [0.15, 0.2) is 30.3 Å². The number of fused-ring (bicyclic) bond motifs is 1. The molecule has 3 rings (SSSR count). The highest BCUT2D eigenvalue weighted by Crippen LogP contribution is 2.39. The van der Waals surface area contributed by atoms with Crippen LogP contribution in [-0.4, -0.2) is 47.1 Å². The second-order valence-electron chi connectivity index (χ2n) is 6.82. The van der Waals surface area contributed by atoms with E-state index < -0.39 is 11.4 Å². The topological polar surface area (TPSA) is 79.7 Å². The van der Waals surface area contributed by atoms with Gasteiger partial charge in [-0.15, -0.1) is 0 Å². The number of pyridine rings is 1. The molecule has 2 heterocycles. The standard InChI is InChI=1S/C19H22N2O4/c1-12(2)19(18(23)24)8-9-21(11-19)17(22)14-10-16(25-3)20-15-7-5-4-6-13(14)15/h4-7,10,12H,8-9,11H2,1-3H3,(H,23,24). The largest absolute Gasteiger partial charge is 0.481 e. The Morgan fingerprint density at radius 3 is 2.64 bits per heavy atom. The van der Waals surface area contributed by atoms with Gasteiger partial charge in [0, 0.05) is 24.5 Å². The second kappa shape index (κ2) is 6.35. The van der Waals surface area contributed by atoms with Crippen LogP contribution in [0.3, 0.4) is 0 Å². The molecule has 1 atom stereocenters. The fourth-order valence-corrected chi connectivity index (χ4v) is 3.50. The molecule has 1 aliphatic heterocycles. The number of methoxy groups -OCH3 is 1. The maximum Gasteiger partial charge on any atom is 0.311 e. The van der Waals surface area contributed by atoms with Crippen molar-refractivity contribution in [2.75, 3.05) is 20.2 Å². The Balaban J connectivity index is 2.00. The van der Waals surface area contributed by atoms with Crippen molar-refractivity contribution in [1.82, 2.24) is 9.88 Å². The van der Waals surface area contributed by atoms with Crippen LogP contribution in [-0.2, 0) is 4.79 Å². The maximum atomic E-state index is 13.1. The molecule has 6 nitrogen and oxygen atoms in total. The van der Waals surface area contributed by atoms with E-state index in [0.717, 1.165) is 5.39 Å². The van der Waals surface area contributed by atoms with E-state index in [4.69, 9.17) is 4.74 Å². The molecule has 1 aromatic carbocycles. The Labute approximate surface area is 146 Å². The van der Waals surface area contributed by atoms with Gasteiger partial charge in [-0.05, 0) is 18.4 Å². The number of hydrogen-bond acceptors (Lipinski definition) is 4. The van der Waals surface area contributed by atoms with E-state index in [1.54, 1.807) is 11.0 Å². The highest BCUT2D eigenvalue weighted by atomic mass is 16.5. The maximum absolute atomic E-state index is 13.1. The normalized spacial score (nSPS) is 20.2. The quantitative estimate of drug-likeness (QED) is 0.924. The Kier molecular flexibility index (Phi) is 4.37. The lowest BCUT2D eigenvalue weighted by atomic mass is 9.76. The Bertz CT molecular complexity index is 833. The summed E-state index contributed by atoms with van der Waals surface area (Å²) in [6.45, 7) is 4.44. The number of nitrogens with zero attached hydrogens (tertiary/aromatic N) is 2. The number of aliphatic carboxylic acids is 1. The molecule has 25 heavy (non-hydrogen) atoms. The molecule has 0 spiro atoms. The Morgan fingerprint density at radius 2 is 2.04 bits per heavy atom. The molecule has 1 fully saturated rings. The number of hydrogen-bond donors (Lipinski definition) is 1. The molecule has 1 aromatic heterocycles. The van der Waals surface area contributed by atoms with Crippen molar-refractivity contribution in [1.29, 1.82) is 0 Å². The van der Waals surface area contributed by atoms with E-state index in [1.807, 2.05) is 38.1 Å². The Hall–Kier alpha value is -2.63. The summed E-state index contributed by atoms with van der Waals surface area (Å²) >= 11 is 0. The number of likely N-dealkylation sites (tertiary alicyclic amines) is 1. The first-order valence-corrected chi connectivity index (χ1v) is 8.35. The lowest BCUT2D eigenvalue weighted by molar-refractivity contribution is -0.150. The van der Waals surface area contributed by atoms with E-state index in [9.17, 15) is 14.7 Å². The molecule has 6 heteroatoms. The third-order valence-electron chi connectivity index (χ3n) is 5.25. The fraction of sp³-hybridized carbons (Fsp3) is 0.421. The molecule has 1 unspecified atom stereocenters. The van der Waals surface area contributed by atoms with Gasteiger partial charge in [0.15, 0.2) is 0 Å². The number of benzene rings is 1. The van der Waals surface area contributed by atoms with Crippen LogP contribution in [0.5, 0.6) is 5.88 Å². The highest BCUT2D eigenvalue weighted by molar-refractivity contribution is 6.06. The molecule has 1 saturated heterocycles. The molecule has 132 valence electrons.